The van der Waals surface area contributed by atoms with Gasteiger partial charge in [0.2, 0.25) is 0 Å². The topological polar surface area (TPSA) is 20.3 Å². The second-order valence-electron chi connectivity index (χ2n) is 11.8. The first-order valence-corrected chi connectivity index (χ1v) is 11.8. The lowest BCUT2D eigenvalue weighted by Gasteiger charge is -2.66. The molecule has 0 amide bonds. The second kappa shape index (κ2) is 5.94. The number of nitrogens with zero attached hydrogens (tertiary/aromatic N) is 1. The van der Waals surface area contributed by atoms with E-state index < -0.39 is 0 Å². The van der Waals surface area contributed by atoms with Gasteiger partial charge < -0.3 is 4.90 Å². The fourth-order valence-corrected chi connectivity index (χ4v) is 9.12. The van der Waals surface area contributed by atoms with Crippen molar-refractivity contribution in [3.05, 3.63) is 35.9 Å². The van der Waals surface area contributed by atoms with Crippen LogP contribution in [0.1, 0.15) is 70.3 Å². The third kappa shape index (κ3) is 2.59. The Morgan fingerprint density at radius 3 is 2.50 bits per heavy atom. The van der Waals surface area contributed by atoms with Crippen LogP contribution >= 0.6 is 0 Å². The number of carbonyl (C=O) groups excluding carboxylic acids is 1. The molecular weight excluding hydrogens is 342 g/mol. The van der Waals surface area contributed by atoms with Crippen molar-refractivity contribution in [2.24, 2.45) is 28.6 Å². The summed E-state index contributed by atoms with van der Waals surface area (Å²) in [7, 11) is 0. The minimum absolute atomic E-state index is 0.0178. The quantitative estimate of drug-likeness (QED) is 0.717. The van der Waals surface area contributed by atoms with Crippen molar-refractivity contribution in [1.82, 2.24) is 4.90 Å². The lowest BCUT2D eigenvalue weighted by atomic mass is 9.38. The number of piperidine rings is 3. The summed E-state index contributed by atoms with van der Waals surface area (Å²) in [6.45, 7) is 6.25. The molecule has 0 aromatic heterocycles. The zero-order chi connectivity index (χ0) is 19.0. The molecule has 3 saturated heterocycles. The number of hydrogen-bond donors (Lipinski definition) is 0. The molecule has 2 unspecified atom stereocenters. The average molecular weight is 378 g/mol. The Hall–Kier alpha value is -1.15. The smallest absolute Gasteiger partial charge is 0.139 e. The van der Waals surface area contributed by atoms with Crippen LogP contribution in [0.3, 0.4) is 0 Å². The number of benzene rings is 1. The molecule has 0 radical (unpaired) electrons. The van der Waals surface area contributed by atoms with Crippen molar-refractivity contribution in [3.63, 3.8) is 0 Å². The molecule has 3 aliphatic heterocycles. The number of Topliss-reactive ketones (excluding diaryl/α,β-unsaturated/α-hetero) is 1. The van der Waals surface area contributed by atoms with Gasteiger partial charge in [-0.1, -0.05) is 37.3 Å². The van der Waals surface area contributed by atoms with Gasteiger partial charge in [0.25, 0.3) is 0 Å². The van der Waals surface area contributed by atoms with Crippen molar-refractivity contribution >= 4 is 5.78 Å². The van der Waals surface area contributed by atoms with Crippen molar-refractivity contribution in [2.45, 2.75) is 70.1 Å². The summed E-state index contributed by atoms with van der Waals surface area (Å²) in [5, 5.41) is 0. The molecule has 1 aromatic carbocycles. The van der Waals surface area contributed by atoms with Gasteiger partial charge in [0.05, 0.1) is 0 Å². The fraction of sp³-hybridized carbons (Fsp3) is 0.731. The van der Waals surface area contributed by atoms with Crippen molar-refractivity contribution in [3.8, 4) is 0 Å². The van der Waals surface area contributed by atoms with E-state index in [1.54, 1.807) is 0 Å². The maximum Gasteiger partial charge on any atom is 0.139 e. The van der Waals surface area contributed by atoms with E-state index in [0.717, 1.165) is 24.7 Å². The van der Waals surface area contributed by atoms with Crippen LogP contribution in [-0.4, -0.2) is 30.3 Å². The predicted molar refractivity (Wildman–Crippen MR) is 112 cm³/mol. The van der Waals surface area contributed by atoms with E-state index in [1.165, 1.54) is 70.1 Å². The first-order chi connectivity index (χ1) is 13.5. The maximum absolute atomic E-state index is 13.9. The molecule has 0 N–H and O–H groups in total. The molecule has 28 heavy (non-hydrogen) atoms. The Bertz CT molecular complexity index is 781. The zero-order valence-electron chi connectivity index (χ0n) is 17.5. The molecule has 7 fully saturated rings. The van der Waals surface area contributed by atoms with Crippen LogP contribution in [0.2, 0.25) is 0 Å². The SMILES string of the molecule is C[C@]12CC3CC(C(=O)C[C@@H]4CN5CCC4CC5)(C1)C[C@@](c1ccccc1)(C3)C2. The van der Waals surface area contributed by atoms with Gasteiger partial charge in [-0.05, 0) is 98.6 Å². The predicted octanol–water partition coefficient (Wildman–Crippen LogP) is 5.22. The van der Waals surface area contributed by atoms with E-state index >= 15 is 0 Å². The summed E-state index contributed by atoms with van der Waals surface area (Å²) >= 11 is 0. The molecular formula is C26H35NO. The Morgan fingerprint density at radius 2 is 1.82 bits per heavy atom. The van der Waals surface area contributed by atoms with Crippen LogP contribution < -0.4 is 0 Å². The number of fused-ring (bicyclic) bond motifs is 3. The highest BCUT2D eigenvalue weighted by Crippen LogP contribution is 2.70. The summed E-state index contributed by atoms with van der Waals surface area (Å²) < 4.78 is 0. The fourth-order valence-electron chi connectivity index (χ4n) is 9.12. The molecule has 6 bridgehead atoms. The van der Waals surface area contributed by atoms with Crippen molar-refractivity contribution < 1.29 is 4.79 Å². The lowest BCUT2D eigenvalue weighted by Crippen LogP contribution is -2.60. The second-order valence-corrected chi connectivity index (χ2v) is 11.8. The summed E-state index contributed by atoms with van der Waals surface area (Å²) in [6, 6.07) is 11.3. The third-order valence-corrected chi connectivity index (χ3v) is 9.56. The van der Waals surface area contributed by atoms with E-state index in [9.17, 15) is 4.79 Å². The van der Waals surface area contributed by atoms with E-state index in [0.29, 0.717) is 17.1 Å². The van der Waals surface area contributed by atoms with Gasteiger partial charge in [-0.25, -0.2) is 0 Å². The maximum atomic E-state index is 13.9. The number of rotatable bonds is 4. The van der Waals surface area contributed by atoms with Gasteiger partial charge in [0.15, 0.2) is 0 Å². The molecule has 1 aromatic rings. The van der Waals surface area contributed by atoms with E-state index in [2.05, 4.69) is 42.2 Å². The molecule has 4 saturated carbocycles. The van der Waals surface area contributed by atoms with E-state index in [4.69, 9.17) is 0 Å². The van der Waals surface area contributed by atoms with Crippen LogP contribution in [0.25, 0.3) is 0 Å². The van der Waals surface area contributed by atoms with Crippen LogP contribution in [0, 0.1) is 28.6 Å². The monoisotopic (exact) mass is 377 g/mol. The van der Waals surface area contributed by atoms with Gasteiger partial charge in [0, 0.05) is 18.4 Å². The Labute approximate surface area is 170 Å². The van der Waals surface area contributed by atoms with Gasteiger partial charge in [-0.2, -0.15) is 0 Å². The van der Waals surface area contributed by atoms with Crippen molar-refractivity contribution in [2.75, 3.05) is 19.6 Å². The third-order valence-electron chi connectivity index (χ3n) is 9.56. The molecule has 4 aliphatic carbocycles. The summed E-state index contributed by atoms with van der Waals surface area (Å²) in [5.41, 5.74) is 2.14. The number of ketones is 1. The van der Waals surface area contributed by atoms with E-state index in [1.807, 2.05) is 0 Å². The van der Waals surface area contributed by atoms with Gasteiger partial charge >= 0.3 is 0 Å². The largest absolute Gasteiger partial charge is 0.303 e. The van der Waals surface area contributed by atoms with Crippen LogP contribution in [0.5, 0.6) is 0 Å². The number of hydrogen-bond acceptors (Lipinski definition) is 2. The summed E-state index contributed by atoms with van der Waals surface area (Å²) in [6.07, 6.45) is 11.0. The Balaban J connectivity index is 1.31. The van der Waals surface area contributed by atoms with Gasteiger partial charge in [-0.15, -0.1) is 0 Å². The zero-order valence-corrected chi connectivity index (χ0v) is 17.5. The highest BCUT2D eigenvalue weighted by molar-refractivity contribution is 5.86. The molecule has 2 nitrogen and oxygen atoms in total. The minimum atomic E-state index is -0.0178. The standard InChI is InChI=1S/C26H35NO/c1-24-12-19-13-25(16-24,22-5-3-2-4-6-22)18-26(14-19,17-24)23(28)11-21-15-27-9-7-20(21)8-10-27/h2-6,19-21H,7-18H2,1H3/t19?,21-,24-,25-,26?/m1/s1. The normalized spacial score (nSPS) is 48.8. The molecule has 3 heterocycles. The van der Waals surface area contributed by atoms with Gasteiger partial charge in [-0.3, -0.25) is 4.79 Å². The molecule has 7 aliphatic rings. The summed E-state index contributed by atoms with van der Waals surface area (Å²) in [5.74, 6) is 2.88. The van der Waals surface area contributed by atoms with E-state index in [-0.39, 0.29) is 10.8 Å². The number of carbonyl (C=O) groups is 1. The highest BCUT2D eigenvalue weighted by atomic mass is 16.1. The summed E-state index contributed by atoms with van der Waals surface area (Å²) in [4.78, 5) is 16.6. The minimum Gasteiger partial charge on any atom is -0.303 e. The first-order valence-electron chi connectivity index (χ1n) is 11.8. The first kappa shape index (κ1) is 17.7. The molecule has 0 spiro atoms. The van der Waals surface area contributed by atoms with Gasteiger partial charge in [0.1, 0.15) is 5.78 Å². The van der Waals surface area contributed by atoms with Crippen LogP contribution in [0.15, 0.2) is 30.3 Å². The molecule has 150 valence electrons. The van der Waals surface area contributed by atoms with Crippen LogP contribution in [0.4, 0.5) is 0 Å². The molecule has 5 atom stereocenters. The Morgan fingerprint density at radius 1 is 1.04 bits per heavy atom. The molecule has 2 heteroatoms. The van der Waals surface area contributed by atoms with Crippen molar-refractivity contribution in [1.29, 1.82) is 0 Å². The Kier molecular flexibility index (Phi) is 3.75. The lowest BCUT2D eigenvalue weighted by molar-refractivity contribution is -0.160. The molecule has 8 rings (SSSR count). The van der Waals surface area contributed by atoms with Crippen LogP contribution in [-0.2, 0) is 10.2 Å². The highest BCUT2D eigenvalue weighted by Gasteiger charge is 2.64. The average Bonchev–Trinajstić information content (AvgIpc) is 2.68.